The fraction of sp³-hybridized carbons (Fsp3) is 0.231. The van der Waals surface area contributed by atoms with Gasteiger partial charge in [0.05, 0.1) is 4.92 Å². The van der Waals surface area contributed by atoms with Crippen LogP contribution in [0.1, 0.15) is 23.0 Å². The molecule has 146 valence electrons. The third kappa shape index (κ3) is 3.54. The van der Waals surface area contributed by atoms with E-state index in [1.54, 1.807) is 0 Å². The minimum Gasteiger partial charge on any atom is -0.315 e. The number of alkyl halides is 3. The predicted molar refractivity (Wildman–Crippen MR) is 73.8 cm³/mol. The highest BCUT2D eigenvalue weighted by atomic mass is 19.4. The molecule has 7 nitrogen and oxygen atoms in total. The molecule has 0 aliphatic rings. The molecule has 0 saturated carbocycles. The molecule has 2 aromatic rings. The van der Waals surface area contributed by atoms with Crippen molar-refractivity contribution in [3.8, 4) is 0 Å². The molecule has 0 aliphatic heterocycles. The lowest BCUT2D eigenvalue weighted by molar-refractivity contribution is -0.385. The van der Waals surface area contributed by atoms with Gasteiger partial charge in [-0.15, -0.1) is 0 Å². The zero-order valence-electron chi connectivity index (χ0n) is 13.0. The van der Waals surface area contributed by atoms with Crippen molar-refractivity contribution in [1.82, 2.24) is 9.78 Å². The van der Waals surface area contributed by atoms with E-state index in [1.165, 1.54) is 12.2 Å². The Hall–Kier alpha value is -3.19. The summed E-state index contributed by atoms with van der Waals surface area (Å²) in [6.07, 6.45) is -4.95. The summed E-state index contributed by atoms with van der Waals surface area (Å²) in [6, 6.07) is 0. The molecular weight excluding hydrogens is 393 g/mol. The minimum atomic E-state index is -5.75. The predicted octanol–water partition coefficient (Wildman–Crippen LogP) is 3.64. The van der Waals surface area contributed by atoms with Crippen molar-refractivity contribution in [3.63, 3.8) is 0 Å². The second kappa shape index (κ2) is 6.85. The Morgan fingerprint density at radius 3 is 2.11 bits per heavy atom. The fourth-order valence-electron chi connectivity index (χ4n) is 2.03. The van der Waals surface area contributed by atoms with E-state index in [0.717, 1.165) is 10.9 Å². The van der Waals surface area contributed by atoms with Crippen LogP contribution in [0.15, 0.2) is 6.20 Å². The van der Waals surface area contributed by atoms with Gasteiger partial charge in [0.2, 0.25) is 5.69 Å². The van der Waals surface area contributed by atoms with Crippen LogP contribution in [0.3, 0.4) is 0 Å². The lowest BCUT2D eigenvalue weighted by atomic mass is 10.1. The Labute approximate surface area is 144 Å². The number of carbonyl (C=O) groups is 1. The van der Waals surface area contributed by atoms with E-state index in [0.29, 0.717) is 0 Å². The Morgan fingerprint density at radius 2 is 1.70 bits per heavy atom. The topological polar surface area (TPSA) is 90.1 Å². The number of nitrogens with zero attached hydrogens (tertiary/aromatic N) is 3. The van der Waals surface area contributed by atoms with Crippen LogP contribution in [-0.4, -0.2) is 20.6 Å². The largest absolute Gasteiger partial charge is 0.422 e. The maximum atomic E-state index is 13.8. The highest BCUT2D eigenvalue weighted by Gasteiger charge is 2.42. The van der Waals surface area contributed by atoms with Gasteiger partial charge < -0.3 is 5.32 Å². The summed E-state index contributed by atoms with van der Waals surface area (Å²) >= 11 is 0. The van der Waals surface area contributed by atoms with Gasteiger partial charge in [-0.3, -0.25) is 19.6 Å². The number of anilines is 1. The number of halogens is 7. The first-order chi connectivity index (χ1) is 12.4. The summed E-state index contributed by atoms with van der Waals surface area (Å²) in [7, 11) is 0. The third-order valence-electron chi connectivity index (χ3n) is 3.26. The standard InChI is InChI=1S/C13H7F7N4O3/c1-2-23-3-4(24(26)27)10(22-23)12(25)21-11-8(16)6(14)5(13(18,19)20)7(15)9(11)17/h3H,2H2,1H3,(H,21,25). The quantitative estimate of drug-likeness (QED) is 0.367. The number of hydrogen-bond acceptors (Lipinski definition) is 4. The van der Waals surface area contributed by atoms with E-state index in [-0.39, 0.29) is 6.54 Å². The average Bonchev–Trinajstić information content (AvgIpc) is 3.00. The number of aromatic nitrogens is 2. The van der Waals surface area contributed by atoms with Gasteiger partial charge in [0.15, 0.2) is 23.3 Å². The highest BCUT2D eigenvalue weighted by Crippen LogP contribution is 2.38. The number of carbonyl (C=O) groups excluding carboxylic acids is 1. The summed E-state index contributed by atoms with van der Waals surface area (Å²) in [4.78, 5) is 21.8. The Bertz CT molecular complexity index is 910. The van der Waals surface area contributed by atoms with Crippen LogP contribution in [0, 0.1) is 33.4 Å². The maximum absolute atomic E-state index is 13.8. The van der Waals surface area contributed by atoms with Crippen LogP contribution in [0.5, 0.6) is 0 Å². The molecule has 0 saturated heterocycles. The van der Waals surface area contributed by atoms with E-state index < -0.39 is 62.9 Å². The van der Waals surface area contributed by atoms with Crippen LogP contribution in [0.4, 0.5) is 42.1 Å². The zero-order chi connectivity index (χ0) is 20.7. The number of nitrogens with one attached hydrogen (secondary N) is 1. The van der Waals surface area contributed by atoms with Crippen molar-refractivity contribution in [1.29, 1.82) is 0 Å². The molecule has 0 fully saturated rings. The summed E-state index contributed by atoms with van der Waals surface area (Å²) in [5.74, 6) is -12.3. The van der Waals surface area contributed by atoms with Crippen LogP contribution in [-0.2, 0) is 12.7 Å². The van der Waals surface area contributed by atoms with Crippen molar-refractivity contribution in [2.75, 3.05) is 5.32 Å². The molecule has 1 aromatic heterocycles. The smallest absolute Gasteiger partial charge is 0.315 e. The molecule has 0 radical (unpaired) electrons. The molecule has 0 aliphatic carbocycles. The molecule has 0 bridgehead atoms. The molecule has 1 heterocycles. The van der Waals surface area contributed by atoms with E-state index >= 15 is 0 Å². The van der Waals surface area contributed by atoms with Crippen molar-refractivity contribution < 1.29 is 40.5 Å². The van der Waals surface area contributed by atoms with Crippen LogP contribution in [0.2, 0.25) is 0 Å². The first-order valence-corrected chi connectivity index (χ1v) is 6.86. The van der Waals surface area contributed by atoms with Gasteiger partial charge >= 0.3 is 11.9 Å². The minimum absolute atomic E-state index is 0.0559. The van der Waals surface area contributed by atoms with Gasteiger partial charge in [-0.05, 0) is 6.92 Å². The van der Waals surface area contributed by atoms with E-state index in [4.69, 9.17) is 0 Å². The number of nitro groups is 1. The Balaban J connectivity index is 2.55. The van der Waals surface area contributed by atoms with Gasteiger partial charge in [0.25, 0.3) is 5.91 Å². The summed E-state index contributed by atoms with van der Waals surface area (Å²) in [6.45, 7) is 1.54. The molecule has 27 heavy (non-hydrogen) atoms. The van der Waals surface area contributed by atoms with E-state index in [1.807, 2.05) is 0 Å². The molecule has 14 heteroatoms. The first kappa shape index (κ1) is 20.1. The maximum Gasteiger partial charge on any atom is 0.422 e. The number of rotatable bonds is 4. The molecule has 0 unspecified atom stereocenters. The number of hydrogen-bond donors (Lipinski definition) is 1. The molecule has 0 atom stereocenters. The fourth-order valence-corrected chi connectivity index (χ4v) is 2.03. The summed E-state index contributed by atoms with van der Waals surface area (Å²) in [5, 5.41) is 15.6. The third-order valence-corrected chi connectivity index (χ3v) is 3.26. The van der Waals surface area contributed by atoms with Crippen molar-refractivity contribution in [2.45, 2.75) is 19.6 Å². The van der Waals surface area contributed by atoms with Gasteiger partial charge in [-0.2, -0.15) is 18.3 Å². The van der Waals surface area contributed by atoms with E-state index in [2.05, 4.69) is 5.10 Å². The lowest BCUT2D eigenvalue weighted by Gasteiger charge is -2.14. The van der Waals surface area contributed by atoms with Crippen LogP contribution < -0.4 is 5.32 Å². The molecule has 0 spiro atoms. The van der Waals surface area contributed by atoms with Crippen molar-refractivity contribution in [3.05, 3.63) is 50.8 Å². The molecule has 2 rings (SSSR count). The Kier molecular flexibility index (Phi) is 5.10. The summed E-state index contributed by atoms with van der Waals surface area (Å²) < 4.78 is 93.1. The van der Waals surface area contributed by atoms with Gasteiger partial charge in [-0.25, -0.2) is 17.6 Å². The molecule has 1 aromatic carbocycles. The second-order valence-corrected chi connectivity index (χ2v) is 4.93. The zero-order valence-corrected chi connectivity index (χ0v) is 13.0. The van der Waals surface area contributed by atoms with Gasteiger partial charge in [0.1, 0.15) is 17.4 Å². The number of amides is 1. The van der Waals surface area contributed by atoms with Gasteiger partial charge in [-0.1, -0.05) is 0 Å². The Morgan fingerprint density at radius 1 is 1.19 bits per heavy atom. The van der Waals surface area contributed by atoms with Crippen molar-refractivity contribution in [2.24, 2.45) is 0 Å². The normalized spacial score (nSPS) is 11.6. The van der Waals surface area contributed by atoms with E-state index in [9.17, 15) is 45.6 Å². The van der Waals surface area contributed by atoms with Crippen LogP contribution in [0.25, 0.3) is 0 Å². The number of benzene rings is 1. The number of aryl methyl sites for hydroxylation is 1. The summed E-state index contributed by atoms with van der Waals surface area (Å²) in [5.41, 5.74) is -6.58. The van der Waals surface area contributed by atoms with Crippen LogP contribution >= 0.6 is 0 Å². The SMILES string of the molecule is CCn1cc([N+](=O)[O-])c(C(=O)Nc2c(F)c(F)c(C(F)(F)F)c(F)c2F)n1. The average molecular weight is 400 g/mol. The first-order valence-electron chi connectivity index (χ1n) is 6.86. The van der Waals surface area contributed by atoms with Crippen molar-refractivity contribution >= 4 is 17.3 Å². The van der Waals surface area contributed by atoms with Gasteiger partial charge in [0, 0.05) is 6.54 Å². The lowest BCUT2D eigenvalue weighted by Crippen LogP contribution is -2.21. The molecule has 1 N–H and O–H groups in total. The second-order valence-electron chi connectivity index (χ2n) is 4.93. The highest BCUT2D eigenvalue weighted by molar-refractivity contribution is 6.05. The monoisotopic (exact) mass is 400 g/mol. The molecule has 1 amide bonds. The molecular formula is C13H7F7N4O3.